The molecule has 3 aromatic rings. The normalized spacial score (nSPS) is 11.6. The number of anilines is 1. The molecule has 1 N–H and O–H groups in total. The molecule has 140 valence electrons. The van der Waals surface area contributed by atoms with Crippen LogP contribution in [0.2, 0.25) is 0 Å². The van der Waals surface area contributed by atoms with Crippen molar-refractivity contribution in [1.82, 2.24) is 24.5 Å². The molecule has 0 spiro atoms. The van der Waals surface area contributed by atoms with E-state index in [1.807, 2.05) is 0 Å². The van der Waals surface area contributed by atoms with Gasteiger partial charge in [-0.25, -0.2) is 21.8 Å². The van der Waals surface area contributed by atoms with Gasteiger partial charge >= 0.3 is 0 Å². The first-order chi connectivity index (χ1) is 12.8. The Labute approximate surface area is 154 Å². The van der Waals surface area contributed by atoms with Gasteiger partial charge in [0.25, 0.3) is 5.91 Å². The number of halogens is 1. The predicted molar refractivity (Wildman–Crippen MR) is 94.4 cm³/mol. The highest BCUT2D eigenvalue weighted by molar-refractivity contribution is 7.89. The van der Waals surface area contributed by atoms with Crippen molar-refractivity contribution in [2.45, 2.75) is 4.90 Å². The van der Waals surface area contributed by atoms with Crippen LogP contribution in [0.4, 0.5) is 10.1 Å². The first kappa shape index (κ1) is 18.6. The van der Waals surface area contributed by atoms with Crippen LogP contribution in [0.3, 0.4) is 0 Å². The van der Waals surface area contributed by atoms with Gasteiger partial charge in [0.05, 0.1) is 16.3 Å². The molecular weight excluding hydrogens is 375 g/mol. The number of aromatic nitrogens is 4. The van der Waals surface area contributed by atoms with Gasteiger partial charge in [0.15, 0.2) is 0 Å². The van der Waals surface area contributed by atoms with E-state index < -0.39 is 21.7 Å². The average Bonchev–Trinajstić information content (AvgIpc) is 3.18. The second-order valence-electron chi connectivity index (χ2n) is 5.68. The number of benzene rings is 2. The number of carbonyl (C=O) groups is 1. The lowest BCUT2D eigenvalue weighted by atomic mass is 10.2. The van der Waals surface area contributed by atoms with E-state index in [4.69, 9.17) is 0 Å². The molecule has 0 atom stereocenters. The third-order valence-corrected chi connectivity index (χ3v) is 5.54. The fraction of sp³-hybridized carbons (Fsp3) is 0.125. The Hall–Kier alpha value is -3.18. The molecule has 0 unspecified atom stereocenters. The third kappa shape index (κ3) is 3.83. The molecule has 2 aromatic carbocycles. The second kappa shape index (κ2) is 7.21. The van der Waals surface area contributed by atoms with Gasteiger partial charge in [0, 0.05) is 19.7 Å². The molecule has 3 rings (SSSR count). The lowest BCUT2D eigenvalue weighted by molar-refractivity contribution is 0.102. The standard InChI is InChI=1S/C16H15FN6O3S/c1-22(2)27(25,26)13-6-3-11(4-7-13)16(24)19-15-9-12(5-8-14(15)17)23-10-18-20-21-23/h3-10H,1-2H3,(H,19,24). The first-order valence-corrected chi connectivity index (χ1v) is 9.10. The van der Waals surface area contributed by atoms with Gasteiger partial charge < -0.3 is 5.32 Å². The quantitative estimate of drug-likeness (QED) is 0.703. The van der Waals surface area contributed by atoms with E-state index >= 15 is 0 Å². The van der Waals surface area contributed by atoms with Crippen LogP contribution < -0.4 is 5.32 Å². The van der Waals surface area contributed by atoms with Crippen molar-refractivity contribution < 1.29 is 17.6 Å². The number of nitrogens with one attached hydrogen (secondary N) is 1. The minimum atomic E-state index is -3.60. The van der Waals surface area contributed by atoms with Gasteiger partial charge in [0.1, 0.15) is 12.1 Å². The van der Waals surface area contributed by atoms with Gasteiger partial charge in [-0.15, -0.1) is 5.10 Å². The van der Waals surface area contributed by atoms with Gasteiger partial charge in [-0.2, -0.15) is 0 Å². The fourth-order valence-corrected chi connectivity index (χ4v) is 3.12. The van der Waals surface area contributed by atoms with Gasteiger partial charge in [-0.3, -0.25) is 4.79 Å². The van der Waals surface area contributed by atoms with Crippen LogP contribution in [-0.2, 0) is 10.0 Å². The number of carbonyl (C=O) groups excluding carboxylic acids is 1. The van der Waals surface area contributed by atoms with Crippen molar-refractivity contribution in [2.75, 3.05) is 19.4 Å². The molecule has 1 heterocycles. The maximum atomic E-state index is 14.0. The van der Waals surface area contributed by atoms with E-state index in [9.17, 15) is 17.6 Å². The SMILES string of the molecule is CN(C)S(=O)(=O)c1ccc(C(=O)Nc2cc(-n3cnnn3)ccc2F)cc1. The van der Waals surface area contributed by atoms with Crippen LogP contribution in [0.5, 0.6) is 0 Å². The van der Waals surface area contributed by atoms with Gasteiger partial charge in [0.2, 0.25) is 10.0 Å². The Balaban J connectivity index is 1.83. The highest BCUT2D eigenvalue weighted by atomic mass is 32.2. The van der Waals surface area contributed by atoms with E-state index in [0.29, 0.717) is 5.69 Å². The van der Waals surface area contributed by atoms with E-state index in [-0.39, 0.29) is 16.1 Å². The lowest BCUT2D eigenvalue weighted by Crippen LogP contribution is -2.22. The molecule has 0 aliphatic carbocycles. The van der Waals surface area contributed by atoms with Crippen LogP contribution >= 0.6 is 0 Å². The minimum absolute atomic E-state index is 0.0518. The number of tetrazole rings is 1. The summed E-state index contributed by atoms with van der Waals surface area (Å²) in [7, 11) is -0.769. The van der Waals surface area contributed by atoms with E-state index in [1.54, 1.807) is 0 Å². The summed E-state index contributed by atoms with van der Waals surface area (Å²) in [6.07, 6.45) is 1.34. The monoisotopic (exact) mass is 390 g/mol. The molecule has 0 bridgehead atoms. The van der Waals surface area contributed by atoms with Crippen LogP contribution in [0.1, 0.15) is 10.4 Å². The average molecular weight is 390 g/mol. The zero-order valence-electron chi connectivity index (χ0n) is 14.4. The molecule has 11 heteroatoms. The molecule has 0 saturated heterocycles. The number of nitrogens with zero attached hydrogens (tertiary/aromatic N) is 5. The lowest BCUT2D eigenvalue weighted by Gasteiger charge is -2.12. The Bertz CT molecular complexity index is 1070. The summed E-state index contributed by atoms with van der Waals surface area (Å²) in [5.74, 6) is -1.22. The molecule has 1 aromatic heterocycles. The molecule has 0 fully saturated rings. The zero-order valence-corrected chi connectivity index (χ0v) is 15.2. The molecular formula is C16H15FN6O3S. The zero-order chi connectivity index (χ0) is 19.6. The summed E-state index contributed by atoms with van der Waals surface area (Å²) in [6, 6.07) is 9.37. The van der Waals surface area contributed by atoms with Crippen molar-refractivity contribution in [2.24, 2.45) is 0 Å². The van der Waals surface area contributed by atoms with Crippen molar-refractivity contribution >= 4 is 21.6 Å². The summed E-state index contributed by atoms with van der Waals surface area (Å²) in [5.41, 5.74) is 0.585. The minimum Gasteiger partial charge on any atom is -0.319 e. The van der Waals surface area contributed by atoms with Crippen LogP contribution in [-0.4, -0.2) is 52.9 Å². The van der Waals surface area contributed by atoms with Crippen molar-refractivity contribution in [1.29, 1.82) is 0 Å². The van der Waals surface area contributed by atoms with Crippen LogP contribution in [0.15, 0.2) is 53.7 Å². The van der Waals surface area contributed by atoms with Crippen LogP contribution in [0, 0.1) is 5.82 Å². The number of sulfonamides is 1. The second-order valence-corrected chi connectivity index (χ2v) is 7.84. The molecule has 1 amide bonds. The Morgan fingerprint density at radius 2 is 1.85 bits per heavy atom. The van der Waals surface area contributed by atoms with E-state index in [1.165, 1.54) is 67.6 Å². The smallest absolute Gasteiger partial charge is 0.255 e. The highest BCUT2D eigenvalue weighted by Gasteiger charge is 2.18. The fourth-order valence-electron chi connectivity index (χ4n) is 2.21. The molecule has 0 aliphatic rings. The Kier molecular flexibility index (Phi) is 4.97. The van der Waals surface area contributed by atoms with Crippen molar-refractivity contribution in [3.05, 3.63) is 60.2 Å². The number of hydrogen-bond acceptors (Lipinski definition) is 6. The predicted octanol–water partition coefficient (Wildman–Crippen LogP) is 1.30. The number of rotatable bonds is 5. The largest absolute Gasteiger partial charge is 0.319 e. The van der Waals surface area contributed by atoms with Crippen molar-refractivity contribution in [3.8, 4) is 5.69 Å². The van der Waals surface area contributed by atoms with Crippen molar-refractivity contribution in [3.63, 3.8) is 0 Å². The van der Waals surface area contributed by atoms with Gasteiger partial charge in [-0.1, -0.05) is 0 Å². The summed E-state index contributed by atoms with van der Waals surface area (Å²) < 4.78 is 40.5. The molecule has 0 radical (unpaired) electrons. The summed E-state index contributed by atoms with van der Waals surface area (Å²) in [5, 5.41) is 13.2. The van der Waals surface area contributed by atoms with Gasteiger partial charge in [-0.05, 0) is 52.9 Å². The van der Waals surface area contributed by atoms with E-state index in [2.05, 4.69) is 20.8 Å². The summed E-state index contributed by atoms with van der Waals surface area (Å²) in [6.45, 7) is 0. The molecule has 9 nitrogen and oxygen atoms in total. The first-order valence-electron chi connectivity index (χ1n) is 7.66. The summed E-state index contributed by atoms with van der Waals surface area (Å²) in [4.78, 5) is 12.4. The Morgan fingerprint density at radius 3 is 2.44 bits per heavy atom. The number of amides is 1. The third-order valence-electron chi connectivity index (χ3n) is 3.71. The molecule has 27 heavy (non-hydrogen) atoms. The maximum absolute atomic E-state index is 14.0. The van der Waals surface area contributed by atoms with E-state index in [0.717, 1.165) is 4.31 Å². The highest BCUT2D eigenvalue weighted by Crippen LogP contribution is 2.20. The molecule has 0 aliphatic heterocycles. The topological polar surface area (TPSA) is 110 Å². The maximum Gasteiger partial charge on any atom is 0.255 e. The molecule has 0 saturated carbocycles. The number of hydrogen-bond donors (Lipinski definition) is 1. The Morgan fingerprint density at radius 1 is 1.15 bits per heavy atom. The summed E-state index contributed by atoms with van der Waals surface area (Å²) >= 11 is 0. The van der Waals surface area contributed by atoms with Crippen LogP contribution in [0.25, 0.3) is 5.69 Å².